The number of hydrogen-bond acceptors (Lipinski definition) is 1. The maximum Gasteiger partial charge on any atom is -0.00520 e. The van der Waals surface area contributed by atoms with E-state index in [0.29, 0.717) is 0 Å². The Balaban J connectivity index is 0. The van der Waals surface area contributed by atoms with Gasteiger partial charge in [-0.2, -0.15) is 0 Å². The molecule has 0 bridgehead atoms. The van der Waals surface area contributed by atoms with Crippen LogP contribution in [0.1, 0.15) is 140 Å². The Morgan fingerprint density at radius 2 is 1.03 bits per heavy atom. The summed E-state index contributed by atoms with van der Waals surface area (Å²) < 4.78 is 0. The van der Waals surface area contributed by atoms with E-state index >= 15 is 0 Å². The molecule has 0 saturated heterocycles. The van der Waals surface area contributed by atoms with Gasteiger partial charge < -0.3 is 5.32 Å². The fourth-order valence-electron chi connectivity index (χ4n) is 5.65. The first-order valence-electron chi connectivity index (χ1n) is 14.6. The van der Waals surface area contributed by atoms with E-state index in [1.54, 1.807) is 0 Å². The average molecular weight is 440 g/mol. The SMILES string of the molecule is CC.CC.CCC(C)C1CCC(C(C)C2CCC(C(C)C)CC2)CC1.CCCCNC. The highest BCUT2D eigenvalue weighted by Crippen LogP contribution is 2.44. The van der Waals surface area contributed by atoms with Gasteiger partial charge in [0.15, 0.2) is 0 Å². The Labute approximate surface area is 200 Å². The van der Waals surface area contributed by atoms with E-state index in [2.05, 4.69) is 46.9 Å². The minimum atomic E-state index is 0.909. The molecular weight excluding hydrogens is 374 g/mol. The lowest BCUT2D eigenvalue weighted by atomic mass is 9.65. The molecule has 2 fully saturated rings. The van der Waals surface area contributed by atoms with Crippen molar-refractivity contribution in [3.63, 3.8) is 0 Å². The smallest absolute Gasteiger partial charge is 0.00520 e. The van der Waals surface area contributed by atoms with Gasteiger partial charge in [-0.3, -0.25) is 0 Å². The lowest BCUT2D eigenvalue weighted by Gasteiger charge is -2.40. The van der Waals surface area contributed by atoms with Crippen LogP contribution in [0.5, 0.6) is 0 Å². The zero-order valence-electron chi connectivity index (χ0n) is 24.0. The quantitative estimate of drug-likeness (QED) is 0.371. The van der Waals surface area contributed by atoms with Crippen molar-refractivity contribution < 1.29 is 0 Å². The maximum atomic E-state index is 3.07. The number of rotatable bonds is 8. The highest BCUT2D eigenvalue weighted by atomic mass is 14.8. The van der Waals surface area contributed by atoms with Gasteiger partial charge >= 0.3 is 0 Å². The normalized spacial score (nSPS) is 27.5. The summed E-state index contributed by atoms with van der Waals surface area (Å²) >= 11 is 0. The van der Waals surface area contributed by atoms with Crippen molar-refractivity contribution in [2.75, 3.05) is 13.6 Å². The van der Waals surface area contributed by atoms with Crippen molar-refractivity contribution in [1.29, 1.82) is 0 Å². The average Bonchev–Trinajstić information content (AvgIpc) is 2.84. The van der Waals surface area contributed by atoms with Crippen LogP contribution in [-0.2, 0) is 0 Å². The van der Waals surface area contributed by atoms with Crippen LogP contribution in [0.3, 0.4) is 0 Å². The molecule has 2 rings (SSSR count). The van der Waals surface area contributed by atoms with Gasteiger partial charge in [0.2, 0.25) is 0 Å². The molecule has 31 heavy (non-hydrogen) atoms. The van der Waals surface area contributed by atoms with Crippen LogP contribution in [0.4, 0.5) is 0 Å². The first kappa shape index (κ1) is 33.1. The van der Waals surface area contributed by atoms with Gasteiger partial charge in [0, 0.05) is 0 Å². The summed E-state index contributed by atoms with van der Waals surface area (Å²) in [5.74, 6) is 7.02. The summed E-state index contributed by atoms with van der Waals surface area (Å²) in [6, 6.07) is 0. The molecule has 0 amide bonds. The molecule has 0 aliphatic heterocycles. The number of unbranched alkanes of at least 4 members (excludes halogenated alkanes) is 1. The molecule has 190 valence electrons. The Kier molecular flexibility index (Phi) is 23.3. The maximum absolute atomic E-state index is 3.07. The van der Waals surface area contributed by atoms with Crippen molar-refractivity contribution in [3.8, 4) is 0 Å². The molecule has 2 aliphatic carbocycles. The molecular formula is C30H65N. The highest BCUT2D eigenvalue weighted by molar-refractivity contribution is 4.84. The lowest BCUT2D eigenvalue weighted by Crippen LogP contribution is -2.30. The van der Waals surface area contributed by atoms with Gasteiger partial charge in [-0.25, -0.2) is 0 Å². The van der Waals surface area contributed by atoms with Crippen molar-refractivity contribution in [3.05, 3.63) is 0 Å². The zero-order valence-corrected chi connectivity index (χ0v) is 24.0. The van der Waals surface area contributed by atoms with Gasteiger partial charge in [0.05, 0.1) is 0 Å². The minimum absolute atomic E-state index is 0.909. The molecule has 0 aromatic heterocycles. The zero-order chi connectivity index (χ0) is 24.2. The molecule has 0 aromatic carbocycles. The van der Waals surface area contributed by atoms with Crippen LogP contribution < -0.4 is 5.32 Å². The second kappa shape index (κ2) is 21.8. The molecule has 1 nitrogen and oxygen atoms in total. The van der Waals surface area contributed by atoms with Crippen LogP contribution in [0.2, 0.25) is 0 Å². The van der Waals surface area contributed by atoms with Gasteiger partial charge in [0.25, 0.3) is 0 Å². The van der Waals surface area contributed by atoms with Crippen LogP contribution in [0.25, 0.3) is 0 Å². The molecule has 0 heterocycles. The van der Waals surface area contributed by atoms with Gasteiger partial charge in [-0.15, -0.1) is 0 Å². The third kappa shape index (κ3) is 14.0. The Hall–Kier alpha value is -0.0400. The van der Waals surface area contributed by atoms with Crippen molar-refractivity contribution in [2.45, 2.75) is 140 Å². The van der Waals surface area contributed by atoms with E-state index < -0.39 is 0 Å². The van der Waals surface area contributed by atoms with Crippen LogP contribution >= 0.6 is 0 Å². The molecule has 1 N–H and O–H groups in total. The predicted octanol–water partition coefficient (Wildman–Crippen LogP) is 10.00. The monoisotopic (exact) mass is 440 g/mol. The van der Waals surface area contributed by atoms with Crippen molar-refractivity contribution in [1.82, 2.24) is 5.32 Å². The van der Waals surface area contributed by atoms with E-state index in [9.17, 15) is 0 Å². The van der Waals surface area contributed by atoms with Crippen LogP contribution in [-0.4, -0.2) is 13.6 Å². The summed E-state index contributed by atoms with van der Waals surface area (Å²) in [4.78, 5) is 0. The van der Waals surface area contributed by atoms with Gasteiger partial charge in [0.1, 0.15) is 0 Å². The van der Waals surface area contributed by atoms with E-state index in [-0.39, 0.29) is 0 Å². The minimum Gasteiger partial charge on any atom is -0.320 e. The largest absolute Gasteiger partial charge is 0.320 e. The highest BCUT2D eigenvalue weighted by Gasteiger charge is 2.33. The van der Waals surface area contributed by atoms with E-state index in [1.807, 2.05) is 34.7 Å². The molecule has 2 saturated carbocycles. The summed E-state index contributed by atoms with van der Waals surface area (Å²) in [7, 11) is 1.98. The molecule has 0 radical (unpaired) electrons. The summed E-state index contributed by atoms with van der Waals surface area (Å²) in [6.07, 6.45) is 16.1. The second-order valence-electron chi connectivity index (χ2n) is 10.3. The fraction of sp³-hybridized carbons (Fsp3) is 1.00. The second-order valence-corrected chi connectivity index (χ2v) is 10.3. The van der Waals surface area contributed by atoms with Crippen LogP contribution in [0.15, 0.2) is 0 Å². The van der Waals surface area contributed by atoms with E-state index in [1.165, 1.54) is 70.6 Å². The first-order chi connectivity index (χ1) is 14.9. The first-order valence-corrected chi connectivity index (χ1v) is 14.6. The lowest BCUT2D eigenvalue weighted by molar-refractivity contribution is 0.104. The summed E-state index contributed by atoms with van der Waals surface area (Å²) in [5.41, 5.74) is 0. The third-order valence-corrected chi connectivity index (χ3v) is 8.29. The molecule has 1 heteroatoms. The third-order valence-electron chi connectivity index (χ3n) is 8.29. The molecule has 2 atom stereocenters. The fourth-order valence-corrected chi connectivity index (χ4v) is 5.65. The van der Waals surface area contributed by atoms with Crippen LogP contribution in [0, 0.1) is 41.4 Å². The molecule has 2 aliphatic rings. The summed E-state index contributed by atoms with van der Waals surface area (Å²) in [5, 5.41) is 3.07. The Morgan fingerprint density at radius 1 is 0.645 bits per heavy atom. The molecule has 0 aromatic rings. The number of hydrogen-bond donors (Lipinski definition) is 1. The Morgan fingerprint density at radius 3 is 1.32 bits per heavy atom. The van der Waals surface area contributed by atoms with E-state index in [4.69, 9.17) is 0 Å². The van der Waals surface area contributed by atoms with Gasteiger partial charge in [-0.1, -0.05) is 82.1 Å². The molecule has 0 spiro atoms. The van der Waals surface area contributed by atoms with Crippen molar-refractivity contribution in [2.24, 2.45) is 41.4 Å². The Bertz CT molecular complexity index is 330. The van der Waals surface area contributed by atoms with Gasteiger partial charge in [-0.05, 0) is 113 Å². The number of nitrogens with one attached hydrogen (secondary N) is 1. The molecule has 2 unspecified atom stereocenters. The van der Waals surface area contributed by atoms with Crippen molar-refractivity contribution >= 4 is 0 Å². The predicted molar refractivity (Wildman–Crippen MR) is 146 cm³/mol. The van der Waals surface area contributed by atoms with E-state index in [0.717, 1.165) is 48.0 Å². The standard InChI is InChI=1S/C21H40.C5H13N.2C2H6/c1-6-16(4)19-9-13-21(14-10-19)17(5)20-11-7-18(8-12-20)15(2)3;1-3-4-5-6-2;2*1-2/h15-21H,6-14H2,1-5H3;6H,3-5H2,1-2H3;2*1-2H3. The summed E-state index contributed by atoms with van der Waals surface area (Å²) in [6.45, 7) is 23.6. The topological polar surface area (TPSA) is 12.0 Å².